The Hall–Kier alpha value is 0.974. The summed E-state index contributed by atoms with van der Waals surface area (Å²) >= 11 is 0. The van der Waals surface area contributed by atoms with Gasteiger partial charge in [0, 0.05) is 39.2 Å². The number of hydrogen-bond donors (Lipinski definition) is 0. The average Bonchev–Trinajstić information content (AvgIpc) is 2.34. The molecule has 0 aromatic carbocycles. The molecule has 0 aromatic heterocycles. The summed E-state index contributed by atoms with van der Waals surface area (Å²) < 4.78 is 21.6. The minimum absolute atomic E-state index is 0.905. The first kappa shape index (κ1) is 17.0. The molecule has 0 saturated carbocycles. The molecule has 4 nitrogen and oxygen atoms in total. The first-order valence-corrected chi connectivity index (χ1v) is 12.4. The van der Waals surface area contributed by atoms with Gasteiger partial charge >= 0.3 is 17.1 Å². The zero-order valence-electron chi connectivity index (χ0n) is 10.9. The van der Waals surface area contributed by atoms with Gasteiger partial charge in [0.2, 0.25) is 0 Å². The zero-order chi connectivity index (χ0) is 12.7. The van der Waals surface area contributed by atoms with Crippen molar-refractivity contribution < 1.29 is 17.7 Å². The summed E-state index contributed by atoms with van der Waals surface area (Å²) in [6, 6.07) is 0. The molecule has 0 bridgehead atoms. The van der Waals surface area contributed by atoms with Gasteiger partial charge in [-0.1, -0.05) is 21.6 Å². The summed E-state index contributed by atoms with van der Waals surface area (Å²) in [5.74, 6) is 0. The molecule has 8 heteroatoms. The highest BCUT2D eigenvalue weighted by molar-refractivity contribution is 8.77. The van der Waals surface area contributed by atoms with Gasteiger partial charge in [-0.15, -0.1) is 0 Å². The second-order valence-corrected chi connectivity index (χ2v) is 14.0. The first-order valence-electron chi connectivity index (χ1n) is 4.90. The Morgan fingerprint density at radius 3 is 1.12 bits per heavy atom. The van der Waals surface area contributed by atoms with Crippen molar-refractivity contribution in [2.75, 3.05) is 39.2 Å². The van der Waals surface area contributed by atoms with Crippen molar-refractivity contribution in [1.29, 1.82) is 0 Å². The Bertz CT molecular complexity index is 169. The monoisotopic (exact) mass is 302 g/mol. The smallest absolute Gasteiger partial charge is 0.345 e. The van der Waals surface area contributed by atoms with Crippen molar-refractivity contribution in [3.05, 3.63) is 0 Å². The van der Waals surface area contributed by atoms with Gasteiger partial charge in [-0.3, -0.25) is 0 Å². The van der Waals surface area contributed by atoms with Crippen LogP contribution in [0.2, 0.25) is 13.1 Å². The van der Waals surface area contributed by atoms with Crippen molar-refractivity contribution in [2.45, 2.75) is 13.1 Å². The van der Waals surface area contributed by atoms with Gasteiger partial charge in [0.25, 0.3) is 0 Å². The molecule has 0 spiro atoms. The van der Waals surface area contributed by atoms with Crippen LogP contribution in [0, 0.1) is 0 Å². The minimum atomic E-state index is -1.94. The van der Waals surface area contributed by atoms with Crippen LogP contribution in [-0.4, -0.2) is 56.3 Å². The van der Waals surface area contributed by atoms with E-state index >= 15 is 0 Å². The summed E-state index contributed by atoms with van der Waals surface area (Å²) in [4.78, 5) is 0. The molecule has 0 N–H and O–H groups in total. The van der Waals surface area contributed by atoms with Crippen molar-refractivity contribution >= 4 is 38.7 Å². The normalized spacial score (nSPS) is 13.1. The molecule has 0 aliphatic carbocycles. The van der Waals surface area contributed by atoms with E-state index < -0.39 is 17.1 Å². The van der Waals surface area contributed by atoms with Crippen LogP contribution in [-0.2, 0) is 17.7 Å². The van der Waals surface area contributed by atoms with Crippen LogP contribution in [0.5, 0.6) is 0 Å². The van der Waals surface area contributed by atoms with Gasteiger partial charge in [-0.2, -0.15) is 0 Å². The summed E-state index contributed by atoms with van der Waals surface area (Å²) in [5.41, 5.74) is 0. The molecule has 0 fully saturated rings. The predicted octanol–water partition coefficient (Wildman–Crippen LogP) is 2.18. The third kappa shape index (κ3) is 6.06. The highest BCUT2D eigenvalue weighted by Gasteiger charge is 2.32. The van der Waals surface area contributed by atoms with Gasteiger partial charge < -0.3 is 17.7 Å². The fourth-order valence-electron chi connectivity index (χ4n) is 0.700. The lowest BCUT2D eigenvalue weighted by Gasteiger charge is -2.24. The largest absolute Gasteiger partial charge is 0.397 e. The summed E-state index contributed by atoms with van der Waals surface area (Å²) in [6.07, 6.45) is 0. The molecule has 0 radical (unpaired) electrons. The third-order valence-electron chi connectivity index (χ3n) is 2.45. The molecule has 0 saturated heterocycles. The van der Waals surface area contributed by atoms with E-state index in [2.05, 4.69) is 13.1 Å². The quantitative estimate of drug-likeness (QED) is 0.369. The lowest BCUT2D eigenvalue weighted by atomic mass is 11.8. The van der Waals surface area contributed by atoms with Gasteiger partial charge in [0.05, 0.1) is 0 Å². The van der Waals surface area contributed by atoms with Crippen LogP contribution in [0.1, 0.15) is 0 Å². The minimum Gasteiger partial charge on any atom is -0.397 e. The van der Waals surface area contributed by atoms with E-state index in [0.717, 1.165) is 10.8 Å². The molecular formula is C8H22O4S2Si2. The van der Waals surface area contributed by atoms with E-state index in [1.165, 1.54) is 0 Å². The van der Waals surface area contributed by atoms with Crippen molar-refractivity contribution in [3.8, 4) is 0 Å². The van der Waals surface area contributed by atoms with Crippen LogP contribution in [0.3, 0.4) is 0 Å². The summed E-state index contributed by atoms with van der Waals surface area (Å²) in [5, 5.41) is 1.81. The van der Waals surface area contributed by atoms with E-state index in [1.54, 1.807) is 50.0 Å². The molecule has 0 rings (SSSR count). The molecule has 0 amide bonds. The van der Waals surface area contributed by atoms with Crippen molar-refractivity contribution in [3.63, 3.8) is 0 Å². The highest BCUT2D eigenvalue weighted by Crippen LogP contribution is 2.28. The molecule has 16 heavy (non-hydrogen) atoms. The Labute approximate surface area is 109 Å². The standard InChI is InChI=1S/C8H22O4S2Si2/c1-9-15(5,10-2)7-13-14-8-16(6,11-3)12-4/h7-8H2,1-6H3. The van der Waals surface area contributed by atoms with Crippen LogP contribution in [0.25, 0.3) is 0 Å². The fraction of sp³-hybridized carbons (Fsp3) is 1.00. The van der Waals surface area contributed by atoms with Gasteiger partial charge in [0.1, 0.15) is 0 Å². The third-order valence-corrected chi connectivity index (χ3v) is 13.8. The Morgan fingerprint density at radius 1 is 0.688 bits per heavy atom. The number of rotatable bonds is 9. The number of hydrogen-bond acceptors (Lipinski definition) is 6. The molecule has 0 aliphatic rings. The Kier molecular flexibility index (Phi) is 8.64. The molecular weight excluding hydrogens is 280 g/mol. The van der Waals surface area contributed by atoms with Crippen molar-refractivity contribution in [1.82, 2.24) is 0 Å². The molecule has 0 unspecified atom stereocenters. The molecule has 0 atom stereocenters. The SMILES string of the molecule is CO[Si](C)(CSSC[Si](C)(OC)OC)OC. The maximum absolute atomic E-state index is 5.40. The first-order chi connectivity index (χ1) is 7.45. The van der Waals surface area contributed by atoms with Crippen molar-refractivity contribution in [2.24, 2.45) is 0 Å². The second-order valence-electron chi connectivity index (χ2n) is 3.61. The fourth-order valence-corrected chi connectivity index (χ4v) is 10.7. The highest BCUT2D eigenvalue weighted by atomic mass is 33.1. The molecule has 98 valence electrons. The van der Waals surface area contributed by atoms with Gasteiger partial charge in [-0.05, 0) is 13.1 Å². The lowest BCUT2D eigenvalue weighted by molar-refractivity contribution is 0.256. The second kappa shape index (κ2) is 8.14. The van der Waals surface area contributed by atoms with E-state index in [-0.39, 0.29) is 0 Å². The van der Waals surface area contributed by atoms with Crippen LogP contribution in [0.15, 0.2) is 0 Å². The summed E-state index contributed by atoms with van der Waals surface area (Å²) in [7, 11) is 6.51. The molecule has 0 aliphatic heterocycles. The van der Waals surface area contributed by atoms with Gasteiger partial charge in [-0.25, -0.2) is 0 Å². The summed E-state index contributed by atoms with van der Waals surface area (Å²) in [6.45, 7) is 4.12. The van der Waals surface area contributed by atoms with Gasteiger partial charge in [0.15, 0.2) is 0 Å². The van der Waals surface area contributed by atoms with Crippen LogP contribution in [0.4, 0.5) is 0 Å². The lowest BCUT2D eigenvalue weighted by Crippen LogP contribution is -2.41. The van der Waals surface area contributed by atoms with Crippen LogP contribution >= 0.6 is 21.6 Å². The zero-order valence-corrected chi connectivity index (χ0v) is 14.5. The predicted molar refractivity (Wildman–Crippen MR) is 76.2 cm³/mol. The van der Waals surface area contributed by atoms with E-state index in [1.807, 2.05) is 0 Å². The van der Waals surface area contributed by atoms with E-state index in [9.17, 15) is 0 Å². The topological polar surface area (TPSA) is 36.9 Å². The van der Waals surface area contributed by atoms with E-state index in [4.69, 9.17) is 17.7 Å². The Morgan fingerprint density at radius 2 is 0.938 bits per heavy atom. The molecule has 0 heterocycles. The maximum Gasteiger partial charge on any atom is 0.345 e. The van der Waals surface area contributed by atoms with Crippen LogP contribution < -0.4 is 0 Å². The average molecular weight is 303 g/mol. The molecule has 0 aromatic rings. The van der Waals surface area contributed by atoms with E-state index in [0.29, 0.717) is 0 Å². The maximum atomic E-state index is 5.40. The Balaban J connectivity index is 3.83.